The summed E-state index contributed by atoms with van der Waals surface area (Å²) in [6.45, 7) is 2.57. The number of carbonyl (C=O) groups excluding carboxylic acids is 1. The molecule has 0 saturated carbocycles. The highest BCUT2D eigenvalue weighted by molar-refractivity contribution is 6.00. The monoisotopic (exact) mass is 318 g/mol. The van der Waals surface area contributed by atoms with Gasteiger partial charge in [0.15, 0.2) is 5.72 Å². The van der Waals surface area contributed by atoms with Gasteiger partial charge in [0.2, 0.25) is 0 Å². The Morgan fingerprint density at radius 1 is 1.21 bits per heavy atom. The van der Waals surface area contributed by atoms with Gasteiger partial charge in [-0.3, -0.25) is 4.79 Å². The first-order valence-electron chi connectivity index (χ1n) is 8.30. The fourth-order valence-corrected chi connectivity index (χ4v) is 4.23. The molecule has 0 spiro atoms. The number of fused-ring (bicyclic) bond motifs is 4. The molecular formula is C20H18N2O2. The van der Waals surface area contributed by atoms with Crippen molar-refractivity contribution in [1.29, 1.82) is 0 Å². The van der Waals surface area contributed by atoms with Crippen LogP contribution in [-0.2, 0) is 16.9 Å². The second kappa shape index (κ2) is 4.71. The molecule has 3 heterocycles. The van der Waals surface area contributed by atoms with Gasteiger partial charge < -0.3 is 14.6 Å². The lowest BCUT2D eigenvalue weighted by Crippen LogP contribution is -2.42. The molecule has 1 N–H and O–H groups in total. The van der Waals surface area contributed by atoms with Crippen LogP contribution in [0.4, 0.5) is 0 Å². The number of amides is 1. The first-order chi connectivity index (χ1) is 11.7. The molecule has 1 aromatic heterocycles. The van der Waals surface area contributed by atoms with Crippen LogP contribution in [0.2, 0.25) is 0 Å². The number of rotatable bonds is 2. The molecule has 1 amide bonds. The maximum Gasteiger partial charge on any atom is 0.257 e. The average Bonchev–Trinajstić information content (AvgIpc) is 3.23. The Hall–Kier alpha value is -2.59. The second-order valence-corrected chi connectivity index (χ2v) is 6.73. The smallest absolute Gasteiger partial charge is 0.257 e. The molecule has 0 radical (unpaired) electrons. The third-order valence-corrected chi connectivity index (χ3v) is 5.39. The zero-order valence-electron chi connectivity index (χ0n) is 13.5. The van der Waals surface area contributed by atoms with E-state index in [1.54, 1.807) is 0 Å². The number of H-pyrrole nitrogens is 1. The minimum atomic E-state index is -0.634. The van der Waals surface area contributed by atoms with Crippen molar-refractivity contribution >= 4 is 16.8 Å². The number of nitrogens with zero attached hydrogens (tertiary/aromatic N) is 1. The number of hydrogen-bond donors (Lipinski definition) is 1. The first-order valence-corrected chi connectivity index (χ1v) is 8.30. The normalized spacial score (nSPS) is 25.3. The standard InChI is InChI=1S/C20H18N2O2/c1-20-17-8-4-2-7-16(17)19(23)22(20)14(12-24-20)10-13-11-21-18-9-5-3-6-15(13)18/h2-9,11,14,21H,10,12H2,1H3/t14-,20+/m0/s1. The zero-order chi connectivity index (χ0) is 16.3. The predicted molar refractivity (Wildman–Crippen MR) is 91.7 cm³/mol. The van der Waals surface area contributed by atoms with Crippen LogP contribution >= 0.6 is 0 Å². The van der Waals surface area contributed by atoms with Crippen molar-refractivity contribution in [2.24, 2.45) is 0 Å². The largest absolute Gasteiger partial charge is 0.361 e. The number of ether oxygens (including phenoxy) is 1. The Morgan fingerprint density at radius 2 is 2.00 bits per heavy atom. The molecule has 2 aromatic carbocycles. The quantitative estimate of drug-likeness (QED) is 0.787. The van der Waals surface area contributed by atoms with Crippen LogP contribution in [0.25, 0.3) is 10.9 Å². The van der Waals surface area contributed by atoms with Crippen molar-refractivity contribution in [3.05, 3.63) is 71.4 Å². The fourth-order valence-electron chi connectivity index (χ4n) is 4.23. The number of aromatic amines is 1. The Balaban J connectivity index is 1.53. The number of nitrogens with one attached hydrogen (secondary N) is 1. The van der Waals surface area contributed by atoms with E-state index < -0.39 is 5.72 Å². The summed E-state index contributed by atoms with van der Waals surface area (Å²) in [4.78, 5) is 18.2. The van der Waals surface area contributed by atoms with E-state index >= 15 is 0 Å². The summed E-state index contributed by atoms with van der Waals surface area (Å²) >= 11 is 0. The van der Waals surface area contributed by atoms with Crippen molar-refractivity contribution in [3.63, 3.8) is 0 Å². The molecule has 3 aromatic rings. The average molecular weight is 318 g/mol. The lowest BCUT2D eigenvalue weighted by Gasteiger charge is -2.30. The Bertz CT molecular complexity index is 961. The van der Waals surface area contributed by atoms with Crippen molar-refractivity contribution in [2.75, 3.05) is 6.61 Å². The van der Waals surface area contributed by atoms with Gasteiger partial charge in [-0.15, -0.1) is 0 Å². The Morgan fingerprint density at radius 3 is 2.92 bits per heavy atom. The molecule has 0 unspecified atom stereocenters. The van der Waals surface area contributed by atoms with Crippen LogP contribution < -0.4 is 0 Å². The van der Waals surface area contributed by atoms with Gasteiger partial charge in [-0.2, -0.15) is 0 Å². The van der Waals surface area contributed by atoms with E-state index in [1.807, 2.05) is 54.4 Å². The van der Waals surface area contributed by atoms with Crippen LogP contribution in [-0.4, -0.2) is 28.4 Å². The Kier molecular flexibility index (Phi) is 2.71. The third kappa shape index (κ3) is 1.69. The van der Waals surface area contributed by atoms with Crippen LogP contribution in [0.1, 0.15) is 28.4 Å². The minimum absolute atomic E-state index is 0.0501. The van der Waals surface area contributed by atoms with E-state index in [4.69, 9.17) is 4.74 Å². The molecule has 4 nitrogen and oxygen atoms in total. The van der Waals surface area contributed by atoms with Gasteiger partial charge in [0.05, 0.1) is 12.6 Å². The highest BCUT2D eigenvalue weighted by Gasteiger charge is 2.54. The highest BCUT2D eigenvalue weighted by atomic mass is 16.5. The number of para-hydroxylation sites is 1. The van der Waals surface area contributed by atoms with E-state index in [-0.39, 0.29) is 11.9 Å². The van der Waals surface area contributed by atoms with Gasteiger partial charge in [-0.05, 0) is 31.0 Å². The maximum atomic E-state index is 12.9. The molecule has 2 atom stereocenters. The summed E-state index contributed by atoms with van der Waals surface area (Å²) in [5.41, 5.74) is 3.47. The summed E-state index contributed by atoms with van der Waals surface area (Å²) in [6.07, 6.45) is 2.84. The van der Waals surface area contributed by atoms with E-state index in [0.29, 0.717) is 6.61 Å². The third-order valence-electron chi connectivity index (χ3n) is 5.39. The molecule has 0 aliphatic carbocycles. The molecule has 2 aliphatic rings. The predicted octanol–water partition coefficient (Wildman–Crippen LogP) is 3.44. The van der Waals surface area contributed by atoms with Crippen LogP contribution in [0, 0.1) is 0 Å². The highest BCUT2D eigenvalue weighted by Crippen LogP contribution is 2.45. The molecule has 2 aliphatic heterocycles. The van der Waals surface area contributed by atoms with Gasteiger partial charge in [0.1, 0.15) is 0 Å². The number of benzene rings is 2. The molecule has 1 saturated heterocycles. The van der Waals surface area contributed by atoms with Gasteiger partial charge in [-0.1, -0.05) is 36.4 Å². The lowest BCUT2D eigenvalue weighted by atomic mass is 10.0. The summed E-state index contributed by atoms with van der Waals surface area (Å²) in [6, 6.07) is 16.1. The number of hydrogen-bond acceptors (Lipinski definition) is 2. The van der Waals surface area contributed by atoms with E-state index in [0.717, 1.165) is 23.1 Å². The van der Waals surface area contributed by atoms with Gasteiger partial charge >= 0.3 is 0 Å². The summed E-state index contributed by atoms with van der Waals surface area (Å²) in [5, 5.41) is 1.22. The van der Waals surface area contributed by atoms with Gasteiger partial charge in [0.25, 0.3) is 5.91 Å². The minimum Gasteiger partial charge on any atom is -0.361 e. The van der Waals surface area contributed by atoms with E-state index in [2.05, 4.69) is 17.1 Å². The van der Waals surface area contributed by atoms with Crippen molar-refractivity contribution in [2.45, 2.75) is 25.1 Å². The van der Waals surface area contributed by atoms with Crippen molar-refractivity contribution in [3.8, 4) is 0 Å². The zero-order valence-corrected chi connectivity index (χ0v) is 13.5. The lowest BCUT2D eigenvalue weighted by molar-refractivity contribution is -0.0510. The Labute approximate surface area is 140 Å². The molecular weight excluding hydrogens is 300 g/mol. The number of aromatic nitrogens is 1. The fraction of sp³-hybridized carbons (Fsp3) is 0.250. The number of carbonyl (C=O) groups is 1. The SMILES string of the molecule is C[C@]12OC[C@H](Cc3c[nH]c4ccccc34)N1C(=O)c1ccccc12. The van der Waals surface area contributed by atoms with Crippen molar-refractivity contribution < 1.29 is 9.53 Å². The molecule has 0 bridgehead atoms. The second-order valence-electron chi connectivity index (χ2n) is 6.73. The molecule has 5 rings (SSSR count). The van der Waals surface area contributed by atoms with Crippen LogP contribution in [0.5, 0.6) is 0 Å². The molecule has 1 fully saturated rings. The van der Waals surface area contributed by atoms with Crippen molar-refractivity contribution in [1.82, 2.24) is 9.88 Å². The van der Waals surface area contributed by atoms with E-state index in [1.165, 1.54) is 10.9 Å². The summed E-state index contributed by atoms with van der Waals surface area (Å²) < 4.78 is 6.13. The van der Waals surface area contributed by atoms with Gasteiger partial charge in [-0.25, -0.2) is 0 Å². The summed E-state index contributed by atoms with van der Waals surface area (Å²) in [7, 11) is 0. The molecule has 4 heteroatoms. The van der Waals surface area contributed by atoms with Crippen LogP contribution in [0.3, 0.4) is 0 Å². The first kappa shape index (κ1) is 13.8. The van der Waals surface area contributed by atoms with Gasteiger partial charge in [0, 0.05) is 28.2 Å². The molecule has 24 heavy (non-hydrogen) atoms. The van der Waals surface area contributed by atoms with E-state index in [9.17, 15) is 4.79 Å². The molecule has 120 valence electrons. The summed E-state index contributed by atoms with van der Waals surface area (Å²) in [5.74, 6) is 0.0791. The topological polar surface area (TPSA) is 45.3 Å². The maximum absolute atomic E-state index is 12.9. The van der Waals surface area contributed by atoms with Crippen LogP contribution in [0.15, 0.2) is 54.7 Å².